The Morgan fingerprint density at radius 2 is 1.94 bits per heavy atom. The van der Waals surface area contributed by atoms with E-state index in [-0.39, 0.29) is 0 Å². The van der Waals surface area contributed by atoms with E-state index in [2.05, 4.69) is 19.1 Å². The van der Waals surface area contributed by atoms with Crippen LogP contribution in [-0.4, -0.2) is 30.1 Å². The lowest BCUT2D eigenvalue weighted by atomic mass is 9.82. The summed E-state index contributed by atoms with van der Waals surface area (Å²) < 4.78 is 16.7. The van der Waals surface area contributed by atoms with Crippen LogP contribution in [0.3, 0.4) is 0 Å². The molecule has 18 heavy (non-hydrogen) atoms. The Hall–Kier alpha value is -0.163. The van der Waals surface area contributed by atoms with Crippen molar-refractivity contribution in [3.8, 4) is 0 Å². The van der Waals surface area contributed by atoms with Crippen molar-refractivity contribution in [2.75, 3.05) is 21.3 Å². The molecule has 2 aliphatic rings. The number of fused-ring (bicyclic) bond motifs is 2. The molecule has 1 saturated carbocycles. The standard InChI is InChI=1S/C14H26O3Si/c1-12(18(15-2,16-3)17-4)5-8-14-9-6-13(11-14)7-10-14/h6,9,12-13H,5,7-8,10-11H2,1-4H3. The van der Waals surface area contributed by atoms with Crippen LogP contribution in [0, 0.1) is 11.3 Å². The van der Waals surface area contributed by atoms with Crippen LogP contribution in [0.25, 0.3) is 0 Å². The molecule has 0 spiro atoms. The SMILES string of the molecule is CO[Si](OC)(OC)C(C)CCC12C=CC(CC1)C2. The van der Waals surface area contributed by atoms with Crippen molar-refractivity contribution >= 4 is 8.80 Å². The van der Waals surface area contributed by atoms with Gasteiger partial charge in [0.05, 0.1) is 0 Å². The second kappa shape index (κ2) is 5.45. The summed E-state index contributed by atoms with van der Waals surface area (Å²) in [5.74, 6) is 0.856. The molecular weight excluding hydrogens is 244 g/mol. The maximum absolute atomic E-state index is 5.57. The predicted octanol–water partition coefficient (Wildman–Crippen LogP) is 3.39. The summed E-state index contributed by atoms with van der Waals surface area (Å²) in [6, 6.07) is 0. The molecule has 0 aromatic carbocycles. The van der Waals surface area contributed by atoms with Crippen LogP contribution in [0.5, 0.6) is 0 Å². The third kappa shape index (κ3) is 2.44. The van der Waals surface area contributed by atoms with Crippen molar-refractivity contribution in [3.05, 3.63) is 12.2 Å². The van der Waals surface area contributed by atoms with E-state index < -0.39 is 8.80 Å². The molecule has 104 valence electrons. The van der Waals surface area contributed by atoms with E-state index in [9.17, 15) is 0 Å². The fourth-order valence-electron chi connectivity index (χ4n) is 3.70. The summed E-state index contributed by atoms with van der Waals surface area (Å²) in [5, 5.41) is 0. The fraction of sp³-hybridized carbons (Fsp3) is 0.857. The predicted molar refractivity (Wildman–Crippen MR) is 74.4 cm³/mol. The van der Waals surface area contributed by atoms with Gasteiger partial charge in [0, 0.05) is 26.9 Å². The van der Waals surface area contributed by atoms with E-state index in [1.807, 2.05) is 0 Å². The highest BCUT2D eigenvalue weighted by Crippen LogP contribution is 2.52. The average molecular weight is 270 g/mol. The molecule has 2 bridgehead atoms. The molecule has 3 nitrogen and oxygen atoms in total. The summed E-state index contributed by atoms with van der Waals surface area (Å²) in [6.45, 7) is 2.20. The normalized spacial score (nSPS) is 32.1. The first-order valence-electron chi connectivity index (χ1n) is 6.94. The van der Waals surface area contributed by atoms with Gasteiger partial charge in [0.1, 0.15) is 0 Å². The number of rotatable bonds is 7. The van der Waals surface area contributed by atoms with Gasteiger partial charge in [-0.3, -0.25) is 0 Å². The van der Waals surface area contributed by atoms with Crippen LogP contribution in [0.15, 0.2) is 12.2 Å². The molecular formula is C14H26O3Si. The zero-order chi connectivity index (χ0) is 13.2. The second-order valence-electron chi connectivity index (χ2n) is 5.88. The minimum Gasteiger partial charge on any atom is -0.377 e. The smallest absolute Gasteiger partial charge is 0.377 e. The molecule has 3 atom stereocenters. The molecule has 0 N–H and O–H groups in total. The summed E-state index contributed by atoms with van der Waals surface area (Å²) in [5.41, 5.74) is 0.841. The first-order valence-corrected chi connectivity index (χ1v) is 8.75. The first-order chi connectivity index (χ1) is 8.60. The van der Waals surface area contributed by atoms with E-state index in [1.165, 1.54) is 25.7 Å². The lowest BCUT2D eigenvalue weighted by Gasteiger charge is -2.32. The highest BCUT2D eigenvalue weighted by Gasteiger charge is 2.46. The minimum atomic E-state index is -2.45. The summed E-state index contributed by atoms with van der Waals surface area (Å²) >= 11 is 0. The van der Waals surface area contributed by atoms with E-state index >= 15 is 0 Å². The molecule has 0 aromatic rings. The molecule has 0 amide bonds. The third-order valence-corrected chi connectivity index (χ3v) is 8.14. The van der Waals surface area contributed by atoms with E-state index in [0.29, 0.717) is 11.0 Å². The van der Waals surface area contributed by atoms with Crippen molar-refractivity contribution in [3.63, 3.8) is 0 Å². The molecule has 3 unspecified atom stereocenters. The van der Waals surface area contributed by atoms with Crippen molar-refractivity contribution in [1.29, 1.82) is 0 Å². The van der Waals surface area contributed by atoms with Gasteiger partial charge in [0.15, 0.2) is 0 Å². The monoisotopic (exact) mass is 270 g/mol. The van der Waals surface area contributed by atoms with Gasteiger partial charge in [-0.25, -0.2) is 0 Å². The lowest BCUT2D eigenvalue weighted by molar-refractivity contribution is 0.110. The molecule has 4 heteroatoms. The van der Waals surface area contributed by atoms with Gasteiger partial charge in [-0.1, -0.05) is 19.1 Å². The Morgan fingerprint density at radius 3 is 2.33 bits per heavy atom. The second-order valence-corrected chi connectivity index (χ2v) is 9.30. The quantitative estimate of drug-likeness (QED) is 0.524. The Morgan fingerprint density at radius 1 is 1.28 bits per heavy atom. The van der Waals surface area contributed by atoms with Crippen molar-refractivity contribution < 1.29 is 13.3 Å². The summed E-state index contributed by atoms with van der Waals surface area (Å²) in [4.78, 5) is 0. The van der Waals surface area contributed by atoms with Gasteiger partial charge < -0.3 is 13.3 Å². The van der Waals surface area contributed by atoms with E-state index in [4.69, 9.17) is 13.3 Å². The Kier molecular flexibility index (Phi) is 4.31. The van der Waals surface area contributed by atoms with Gasteiger partial charge in [-0.2, -0.15) is 0 Å². The Bertz CT molecular complexity index is 306. The Balaban J connectivity index is 1.91. The van der Waals surface area contributed by atoms with Gasteiger partial charge in [0.2, 0.25) is 0 Å². The van der Waals surface area contributed by atoms with Crippen molar-refractivity contribution in [2.45, 2.75) is 44.6 Å². The lowest BCUT2D eigenvalue weighted by Crippen LogP contribution is -2.47. The molecule has 0 aliphatic heterocycles. The molecule has 2 rings (SSSR count). The average Bonchev–Trinajstić information content (AvgIpc) is 3.00. The number of hydrogen-bond acceptors (Lipinski definition) is 3. The summed E-state index contributed by atoms with van der Waals surface area (Å²) in [6.07, 6.45) is 11.4. The molecule has 0 aromatic heterocycles. The molecule has 1 fully saturated rings. The fourth-order valence-corrected chi connectivity index (χ4v) is 5.90. The van der Waals surface area contributed by atoms with Crippen molar-refractivity contribution in [2.24, 2.45) is 11.3 Å². The molecule has 2 aliphatic carbocycles. The zero-order valence-electron chi connectivity index (χ0n) is 12.1. The van der Waals surface area contributed by atoms with Crippen LogP contribution >= 0.6 is 0 Å². The highest BCUT2D eigenvalue weighted by molar-refractivity contribution is 6.62. The topological polar surface area (TPSA) is 27.7 Å². The maximum Gasteiger partial charge on any atom is 0.503 e. The van der Waals surface area contributed by atoms with Crippen LogP contribution in [0.1, 0.15) is 39.0 Å². The zero-order valence-corrected chi connectivity index (χ0v) is 13.1. The van der Waals surface area contributed by atoms with Crippen LogP contribution < -0.4 is 0 Å². The maximum atomic E-state index is 5.57. The molecule has 0 radical (unpaired) electrons. The highest BCUT2D eigenvalue weighted by atomic mass is 28.4. The number of allylic oxidation sites excluding steroid dienone is 2. The first kappa shape index (κ1) is 14.3. The molecule has 0 saturated heterocycles. The van der Waals surface area contributed by atoms with Gasteiger partial charge in [0.25, 0.3) is 0 Å². The van der Waals surface area contributed by atoms with Gasteiger partial charge in [-0.15, -0.1) is 0 Å². The summed E-state index contributed by atoms with van der Waals surface area (Å²) in [7, 11) is 2.66. The van der Waals surface area contributed by atoms with Gasteiger partial charge in [-0.05, 0) is 43.4 Å². The largest absolute Gasteiger partial charge is 0.503 e. The minimum absolute atomic E-state index is 0.361. The molecule has 0 heterocycles. The van der Waals surface area contributed by atoms with Crippen molar-refractivity contribution in [1.82, 2.24) is 0 Å². The van der Waals surface area contributed by atoms with Crippen LogP contribution in [0.4, 0.5) is 0 Å². The van der Waals surface area contributed by atoms with E-state index in [1.54, 1.807) is 21.3 Å². The van der Waals surface area contributed by atoms with Gasteiger partial charge >= 0.3 is 8.80 Å². The third-order valence-electron chi connectivity index (χ3n) is 4.94. The van der Waals surface area contributed by atoms with E-state index in [0.717, 1.165) is 12.3 Å². The van der Waals surface area contributed by atoms with Crippen LogP contribution in [-0.2, 0) is 13.3 Å². The van der Waals surface area contributed by atoms with Crippen LogP contribution in [0.2, 0.25) is 5.54 Å². The Labute approximate surface area is 112 Å². The number of hydrogen-bond donors (Lipinski definition) is 0.